The van der Waals surface area contributed by atoms with Crippen LogP contribution in [-0.2, 0) is 10.3 Å². The molecule has 0 aromatic heterocycles. The molecule has 2 unspecified atom stereocenters. The fraction of sp³-hybridized carbons (Fsp3) is 0.533. The van der Waals surface area contributed by atoms with Crippen LogP contribution in [0.5, 0.6) is 0 Å². The molecule has 0 aliphatic carbocycles. The number of aliphatic hydroxyl groups is 1. The first-order valence-corrected chi connectivity index (χ1v) is 9.03. The summed E-state index contributed by atoms with van der Waals surface area (Å²) in [4.78, 5) is 12.1. The van der Waals surface area contributed by atoms with Gasteiger partial charge in [-0.25, -0.2) is 9.10 Å². The van der Waals surface area contributed by atoms with Crippen molar-refractivity contribution in [3.05, 3.63) is 29.8 Å². The minimum atomic E-state index is -4.41. The first kappa shape index (κ1) is 18.5. The average Bonchev–Trinajstić information content (AvgIpc) is 2.45. The van der Waals surface area contributed by atoms with Gasteiger partial charge >= 0.3 is 16.4 Å². The molecule has 1 saturated heterocycles. The Labute approximate surface area is 141 Å². The van der Waals surface area contributed by atoms with Crippen molar-refractivity contribution in [3.63, 3.8) is 0 Å². The van der Waals surface area contributed by atoms with E-state index in [2.05, 4.69) is 0 Å². The molecule has 1 heterocycles. The van der Waals surface area contributed by atoms with Gasteiger partial charge in [0.05, 0.1) is 18.3 Å². The summed E-state index contributed by atoms with van der Waals surface area (Å²) < 4.78 is 33.5. The Morgan fingerprint density at radius 1 is 1.38 bits per heavy atom. The summed E-state index contributed by atoms with van der Waals surface area (Å²) in [5, 5.41) is 19.2. The first-order chi connectivity index (χ1) is 11.1. The van der Waals surface area contributed by atoms with Crippen LogP contribution in [0.25, 0.3) is 0 Å². The van der Waals surface area contributed by atoms with Crippen molar-refractivity contribution < 1.29 is 28.0 Å². The maximum absolute atomic E-state index is 11.6. The third-order valence-electron chi connectivity index (χ3n) is 4.12. The van der Waals surface area contributed by atoms with Crippen LogP contribution in [0.2, 0.25) is 0 Å². The highest BCUT2D eigenvalue weighted by Gasteiger charge is 2.32. The lowest BCUT2D eigenvalue weighted by atomic mass is 9.87. The van der Waals surface area contributed by atoms with Crippen LogP contribution in [0.4, 0.5) is 10.5 Å². The molecule has 1 aromatic carbocycles. The number of carbonyl (C=O) groups is 1. The molecule has 0 radical (unpaired) electrons. The Kier molecular flexibility index (Phi) is 5.36. The zero-order chi connectivity index (χ0) is 18.1. The standard InChI is InChI=1S/C15H22N2O6S/c1-10(2)17(24(21,22)23)12-5-3-4-11(8-12)13-6-7-16(15(19)20)9-14(13)18/h3-5,8,10,13-14,18H,6-7,9H2,1-2H3,(H,19,20)(H,21,22,23). The van der Waals surface area contributed by atoms with Crippen molar-refractivity contribution in [2.45, 2.75) is 38.3 Å². The van der Waals surface area contributed by atoms with Crippen LogP contribution >= 0.6 is 0 Å². The highest BCUT2D eigenvalue weighted by atomic mass is 32.2. The summed E-state index contributed by atoms with van der Waals surface area (Å²) in [6.45, 7) is 3.59. The van der Waals surface area contributed by atoms with Crippen LogP contribution in [0.1, 0.15) is 31.7 Å². The van der Waals surface area contributed by atoms with Crippen molar-refractivity contribution in [1.82, 2.24) is 4.90 Å². The predicted octanol–water partition coefficient (Wildman–Crippen LogP) is 1.53. The maximum atomic E-state index is 11.6. The zero-order valence-electron chi connectivity index (χ0n) is 13.5. The van der Waals surface area contributed by atoms with Gasteiger partial charge in [0.2, 0.25) is 0 Å². The highest BCUT2D eigenvalue weighted by Crippen LogP contribution is 2.32. The third kappa shape index (κ3) is 3.97. The molecule has 24 heavy (non-hydrogen) atoms. The maximum Gasteiger partial charge on any atom is 0.407 e. The van der Waals surface area contributed by atoms with Crippen molar-refractivity contribution in [2.24, 2.45) is 0 Å². The van der Waals surface area contributed by atoms with Crippen molar-refractivity contribution in [3.8, 4) is 0 Å². The Balaban J connectivity index is 2.29. The number of aliphatic hydroxyl groups excluding tert-OH is 1. The van der Waals surface area contributed by atoms with Gasteiger partial charge < -0.3 is 15.1 Å². The number of likely N-dealkylation sites (tertiary alicyclic amines) is 1. The molecule has 1 aliphatic rings. The van der Waals surface area contributed by atoms with Crippen LogP contribution < -0.4 is 4.31 Å². The minimum absolute atomic E-state index is 0.0103. The van der Waals surface area contributed by atoms with E-state index in [1.54, 1.807) is 38.1 Å². The molecule has 134 valence electrons. The van der Waals surface area contributed by atoms with Crippen molar-refractivity contribution >= 4 is 22.1 Å². The van der Waals surface area contributed by atoms with Crippen LogP contribution in [0.15, 0.2) is 24.3 Å². The second-order valence-corrected chi connectivity index (χ2v) is 7.44. The van der Waals surface area contributed by atoms with Crippen LogP contribution in [-0.4, -0.2) is 59.4 Å². The topological polar surface area (TPSA) is 118 Å². The van der Waals surface area contributed by atoms with E-state index in [0.717, 1.165) is 9.21 Å². The number of benzene rings is 1. The molecule has 1 fully saturated rings. The summed E-state index contributed by atoms with van der Waals surface area (Å²) in [5.74, 6) is -0.295. The number of piperidine rings is 1. The Hall–Kier alpha value is -1.84. The molecule has 2 atom stereocenters. The number of carboxylic acid groups (broad SMARTS) is 1. The van der Waals surface area contributed by atoms with E-state index >= 15 is 0 Å². The van der Waals surface area contributed by atoms with E-state index < -0.39 is 28.5 Å². The average molecular weight is 358 g/mol. The summed E-state index contributed by atoms with van der Waals surface area (Å²) in [6, 6.07) is 6.11. The summed E-state index contributed by atoms with van der Waals surface area (Å²) in [7, 11) is -4.41. The smallest absolute Gasteiger partial charge is 0.407 e. The molecule has 0 spiro atoms. The molecule has 8 nitrogen and oxygen atoms in total. The Bertz CT molecular complexity index is 706. The number of anilines is 1. The largest absolute Gasteiger partial charge is 0.465 e. The van der Waals surface area contributed by atoms with Gasteiger partial charge in [-0.15, -0.1) is 0 Å². The van der Waals surface area contributed by atoms with E-state index in [9.17, 15) is 22.9 Å². The molecular formula is C15H22N2O6S. The molecule has 1 amide bonds. The number of nitrogens with zero attached hydrogens (tertiary/aromatic N) is 2. The molecular weight excluding hydrogens is 336 g/mol. The molecule has 3 N–H and O–H groups in total. The van der Waals surface area contributed by atoms with Crippen LogP contribution in [0.3, 0.4) is 0 Å². The molecule has 2 rings (SSSR count). The number of β-amino-alcohol motifs (C(OH)–C–C–N with tert-alkyl or cyclic N) is 1. The third-order valence-corrected chi connectivity index (χ3v) is 5.25. The summed E-state index contributed by atoms with van der Waals surface area (Å²) in [5.41, 5.74) is 1.01. The Morgan fingerprint density at radius 2 is 2.04 bits per heavy atom. The second kappa shape index (κ2) is 6.96. The Morgan fingerprint density at radius 3 is 2.54 bits per heavy atom. The van der Waals surface area contributed by atoms with E-state index in [1.165, 1.54) is 0 Å². The van der Waals surface area contributed by atoms with Gasteiger partial charge in [0, 0.05) is 18.5 Å². The number of amides is 1. The summed E-state index contributed by atoms with van der Waals surface area (Å²) in [6.07, 6.45) is -1.51. The molecule has 9 heteroatoms. The molecule has 1 aliphatic heterocycles. The zero-order valence-corrected chi connectivity index (χ0v) is 14.3. The van der Waals surface area contributed by atoms with Gasteiger partial charge in [0.1, 0.15) is 0 Å². The lowest BCUT2D eigenvalue weighted by molar-refractivity contribution is 0.0504. The van der Waals surface area contributed by atoms with Gasteiger partial charge in [-0.1, -0.05) is 12.1 Å². The van der Waals surface area contributed by atoms with E-state index in [-0.39, 0.29) is 12.5 Å². The summed E-state index contributed by atoms with van der Waals surface area (Å²) >= 11 is 0. The molecule has 0 bridgehead atoms. The minimum Gasteiger partial charge on any atom is -0.465 e. The quantitative estimate of drug-likeness (QED) is 0.703. The highest BCUT2D eigenvalue weighted by molar-refractivity contribution is 7.87. The molecule has 0 saturated carbocycles. The SMILES string of the molecule is CC(C)N(c1cccc(C2CCN(C(=O)O)CC2O)c1)S(=O)(=O)O. The van der Waals surface area contributed by atoms with E-state index in [1.807, 2.05) is 0 Å². The number of hydrogen-bond acceptors (Lipinski definition) is 4. The fourth-order valence-electron chi connectivity index (χ4n) is 3.08. The lowest BCUT2D eigenvalue weighted by Gasteiger charge is -2.35. The number of hydrogen-bond donors (Lipinski definition) is 3. The van der Waals surface area contributed by atoms with Gasteiger partial charge in [0.25, 0.3) is 0 Å². The normalized spacial score (nSPS) is 21.8. The van der Waals surface area contributed by atoms with Gasteiger partial charge in [-0.05, 0) is 38.0 Å². The number of rotatable bonds is 4. The predicted molar refractivity (Wildman–Crippen MR) is 88.6 cm³/mol. The van der Waals surface area contributed by atoms with E-state index in [0.29, 0.717) is 24.2 Å². The van der Waals surface area contributed by atoms with Gasteiger partial charge in [-0.3, -0.25) is 4.55 Å². The van der Waals surface area contributed by atoms with Gasteiger partial charge in [0.15, 0.2) is 0 Å². The van der Waals surface area contributed by atoms with Crippen molar-refractivity contribution in [2.75, 3.05) is 17.4 Å². The monoisotopic (exact) mass is 358 g/mol. The van der Waals surface area contributed by atoms with Crippen molar-refractivity contribution in [1.29, 1.82) is 0 Å². The lowest BCUT2D eigenvalue weighted by Crippen LogP contribution is -2.45. The fourth-order valence-corrected chi connectivity index (χ4v) is 4.00. The van der Waals surface area contributed by atoms with Gasteiger partial charge in [-0.2, -0.15) is 8.42 Å². The van der Waals surface area contributed by atoms with Crippen LogP contribution in [0, 0.1) is 0 Å². The first-order valence-electron chi connectivity index (χ1n) is 7.64. The van der Waals surface area contributed by atoms with E-state index in [4.69, 9.17) is 5.11 Å². The second-order valence-electron chi connectivity index (χ2n) is 6.15. The molecule has 1 aromatic rings.